The first-order valence-electron chi connectivity index (χ1n) is 2.57. The number of carbonyl (C=O) groups excluding carboxylic acids is 2. The van der Waals surface area contributed by atoms with E-state index < -0.39 is 11.8 Å². The molecule has 0 aliphatic carbocycles. The number of esters is 1. The van der Waals surface area contributed by atoms with Gasteiger partial charge in [-0.2, -0.15) is 0 Å². The molecule has 0 unspecified atom stereocenters. The molecule has 0 aromatic rings. The van der Waals surface area contributed by atoms with Crippen molar-refractivity contribution in [3.8, 4) is 0 Å². The van der Waals surface area contributed by atoms with Gasteiger partial charge in [-0.05, 0) is 6.92 Å². The SMILES string of the molecule is COC(=O)C(=O)/C=C(/C)O. The minimum atomic E-state index is -0.978. The lowest BCUT2D eigenvalue weighted by Crippen LogP contribution is -2.12. The molecule has 0 aliphatic heterocycles. The summed E-state index contributed by atoms with van der Waals surface area (Å²) in [4.78, 5) is 20.8. The highest BCUT2D eigenvalue weighted by atomic mass is 16.5. The molecule has 1 N–H and O–H groups in total. The number of aliphatic hydroxyl groups is 1. The summed E-state index contributed by atoms with van der Waals surface area (Å²) in [6.07, 6.45) is 0.797. The van der Waals surface area contributed by atoms with Crippen molar-refractivity contribution >= 4 is 11.8 Å². The maximum atomic E-state index is 10.5. The van der Waals surface area contributed by atoms with Crippen LogP contribution >= 0.6 is 0 Å². The Labute approximate surface area is 58.1 Å². The van der Waals surface area contributed by atoms with Crippen molar-refractivity contribution in [1.82, 2.24) is 0 Å². The van der Waals surface area contributed by atoms with Crippen LogP contribution in [-0.2, 0) is 14.3 Å². The van der Waals surface area contributed by atoms with E-state index in [9.17, 15) is 9.59 Å². The summed E-state index contributed by atoms with van der Waals surface area (Å²) in [5.74, 6) is -2.05. The molecule has 10 heavy (non-hydrogen) atoms. The lowest BCUT2D eigenvalue weighted by Gasteiger charge is -1.91. The van der Waals surface area contributed by atoms with Gasteiger partial charge in [0.15, 0.2) is 0 Å². The summed E-state index contributed by atoms with van der Waals surface area (Å²) in [6.45, 7) is 1.29. The monoisotopic (exact) mass is 144 g/mol. The maximum absolute atomic E-state index is 10.5. The molecule has 0 radical (unpaired) electrons. The Hall–Kier alpha value is -1.32. The molecular weight excluding hydrogens is 136 g/mol. The normalized spacial score (nSPS) is 10.8. The quantitative estimate of drug-likeness (QED) is 0.260. The second-order valence-corrected chi connectivity index (χ2v) is 1.64. The van der Waals surface area contributed by atoms with Crippen molar-refractivity contribution in [3.63, 3.8) is 0 Å². The largest absolute Gasteiger partial charge is 0.512 e. The highest BCUT2D eigenvalue weighted by Crippen LogP contribution is 1.87. The summed E-state index contributed by atoms with van der Waals surface area (Å²) in [6, 6.07) is 0. The topological polar surface area (TPSA) is 63.6 Å². The third-order valence-corrected chi connectivity index (χ3v) is 0.727. The first-order valence-corrected chi connectivity index (χ1v) is 2.57. The molecule has 0 heterocycles. The number of aliphatic hydroxyl groups excluding tert-OH is 1. The molecule has 0 aliphatic rings. The number of rotatable bonds is 2. The first-order chi connectivity index (χ1) is 4.57. The molecule has 4 heteroatoms. The first kappa shape index (κ1) is 8.68. The zero-order valence-corrected chi connectivity index (χ0v) is 5.75. The second kappa shape index (κ2) is 3.66. The minimum absolute atomic E-state index is 0.213. The van der Waals surface area contributed by atoms with E-state index in [0.717, 1.165) is 13.2 Å². The Balaban J connectivity index is 4.11. The van der Waals surface area contributed by atoms with E-state index in [-0.39, 0.29) is 5.76 Å². The fraction of sp³-hybridized carbons (Fsp3) is 0.333. The Kier molecular flexibility index (Phi) is 3.17. The average Bonchev–Trinajstić information content (AvgIpc) is 1.85. The van der Waals surface area contributed by atoms with Gasteiger partial charge in [-0.1, -0.05) is 0 Å². The molecule has 0 rings (SSSR count). The van der Waals surface area contributed by atoms with Crippen LogP contribution in [0, 0.1) is 0 Å². The molecular formula is C6H8O4. The van der Waals surface area contributed by atoms with Crippen molar-refractivity contribution in [3.05, 3.63) is 11.8 Å². The fourth-order valence-corrected chi connectivity index (χ4v) is 0.349. The summed E-state index contributed by atoms with van der Waals surface area (Å²) < 4.78 is 4.07. The lowest BCUT2D eigenvalue weighted by molar-refractivity contribution is -0.149. The molecule has 0 fully saturated rings. The van der Waals surface area contributed by atoms with Crippen LogP contribution in [0.1, 0.15) is 6.92 Å². The van der Waals surface area contributed by atoms with Gasteiger partial charge in [-0.15, -0.1) is 0 Å². The Morgan fingerprint density at radius 1 is 1.50 bits per heavy atom. The van der Waals surface area contributed by atoms with E-state index in [0.29, 0.717) is 0 Å². The molecule has 56 valence electrons. The summed E-state index contributed by atoms with van der Waals surface area (Å²) in [5, 5.41) is 8.50. The van der Waals surface area contributed by atoms with E-state index in [1.807, 2.05) is 0 Å². The van der Waals surface area contributed by atoms with Gasteiger partial charge in [0.1, 0.15) is 0 Å². The molecule has 0 atom stereocenters. The smallest absolute Gasteiger partial charge is 0.378 e. The number of ether oxygens (including phenoxy) is 1. The number of methoxy groups -OCH3 is 1. The van der Waals surface area contributed by atoms with Crippen LogP contribution < -0.4 is 0 Å². The van der Waals surface area contributed by atoms with Crippen LogP contribution in [0.15, 0.2) is 11.8 Å². The highest BCUT2D eigenvalue weighted by Gasteiger charge is 2.09. The van der Waals surface area contributed by atoms with Gasteiger partial charge in [-0.25, -0.2) is 4.79 Å². The van der Waals surface area contributed by atoms with Crippen LogP contribution in [-0.4, -0.2) is 24.0 Å². The molecule has 0 amide bonds. The predicted octanol–water partition coefficient (Wildman–Crippen LogP) is 0.190. The highest BCUT2D eigenvalue weighted by molar-refractivity contribution is 6.38. The van der Waals surface area contributed by atoms with E-state index in [1.54, 1.807) is 0 Å². The molecule has 0 aromatic carbocycles. The zero-order chi connectivity index (χ0) is 8.15. The molecule has 0 bridgehead atoms. The lowest BCUT2D eigenvalue weighted by atomic mass is 10.3. The van der Waals surface area contributed by atoms with E-state index in [1.165, 1.54) is 6.92 Å². The van der Waals surface area contributed by atoms with Crippen molar-refractivity contribution in [2.45, 2.75) is 6.92 Å². The number of allylic oxidation sites excluding steroid dienone is 1. The van der Waals surface area contributed by atoms with Gasteiger partial charge in [0.2, 0.25) is 0 Å². The van der Waals surface area contributed by atoms with Crippen molar-refractivity contribution in [2.24, 2.45) is 0 Å². The Morgan fingerprint density at radius 3 is 2.30 bits per heavy atom. The van der Waals surface area contributed by atoms with Crippen LogP contribution in [0.4, 0.5) is 0 Å². The van der Waals surface area contributed by atoms with Crippen LogP contribution in [0.2, 0.25) is 0 Å². The summed E-state index contributed by atoms with van der Waals surface area (Å²) >= 11 is 0. The van der Waals surface area contributed by atoms with Crippen molar-refractivity contribution < 1.29 is 19.4 Å². The van der Waals surface area contributed by atoms with E-state index >= 15 is 0 Å². The predicted molar refractivity (Wildman–Crippen MR) is 33.4 cm³/mol. The number of hydrogen-bond donors (Lipinski definition) is 1. The zero-order valence-electron chi connectivity index (χ0n) is 5.75. The molecule has 0 saturated carbocycles. The minimum Gasteiger partial charge on any atom is -0.512 e. The van der Waals surface area contributed by atoms with Crippen LogP contribution in [0.25, 0.3) is 0 Å². The van der Waals surface area contributed by atoms with Gasteiger partial charge >= 0.3 is 5.97 Å². The fourth-order valence-electron chi connectivity index (χ4n) is 0.349. The van der Waals surface area contributed by atoms with Gasteiger partial charge < -0.3 is 9.84 Å². The molecule has 0 spiro atoms. The average molecular weight is 144 g/mol. The van der Waals surface area contributed by atoms with E-state index in [2.05, 4.69) is 4.74 Å². The van der Waals surface area contributed by atoms with Gasteiger partial charge in [0, 0.05) is 6.08 Å². The van der Waals surface area contributed by atoms with Gasteiger partial charge in [0.05, 0.1) is 12.9 Å². The van der Waals surface area contributed by atoms with Crippen molar-refractivity contribution in [2.75, 3.05) is 7.11 Å². The van der Waals surface area contributed by atoms with Crippen LogP contribution in [0.5, 0.6) is 0 Å². The molecule has 4 nitrogen and oxygen atoms in total. The molecule has 0 aromatic heterocycles. The van der Waals surface area contributed by atoms with E-state index in [4.69, 9.17) is 5.11 Å². The summed E-state index contributed by atoms with van der Waals surface area (Å²) in [5.41, 5.74) is 0. The second-order valence-electron chi connectivity index (χ2n) is 1.64. The number of hydrogen-bond acceptors (Lipinski definition) is 4. The summed E-state index contributed by atoms with van der Waals surface area (Å²) in [7, 11) is 1.10. The van der Waals surface area contributed by atoms with Crippen LogP contribution in [0.3, 0.4) is 0 Å². The Bertz CT molecular complexity index is 176. The standard InChI is InChI=1S/C6H8O4/c1-4(7)3-5(8)6(9)10-2/h3,7H,1-2H3/b4-3-. The third kappa shape index (κ3) is 2.86. The Morgan fingerprint density at radius 2 is 2.00 bits per heavy atom. The van der Waals surface area contributed by atoms with Gasteiger partial charge in [0.25, 0.3) is 5.78 Å². The molecule has 0 saturated heterocycles. The maximum Gasteiger partial charge on any atom is 0.378 e. The number of ketones is 1. The van der Waals surface area contributed by atoms with Crippen molar-refractivity contribution in [1.29, 1.82) is 0 Å². The van der Waals surface area contributed by atoms with Gasteiger partial charge in [-0.3, -0.25) is 4.79 Å². The third-order valence-electron chi connectivity index (χ3n) is 0.727. The number of carbonyl (C=O) groups is 2.